The predicted molar refractivity (Wildman–Crippen MR) is 74.8 cm³/mol. The Morgan fingerprint density at radius 2 is 2.05 bits per heavy atom. The van der Waals surface area contributed by atoms with Crippen LogP contribution in [0, 0.1) is 5.82 Å². The molecular weight excluding hydrogens is 263 g/mol. The number of benzene rings is 1. The van der Waals surface area contributed by atoms with Crippen LogP contribution in [0.4, 0.5) is 4.39 Å². The van der Waals surface area contributed by atoms with Gasteiger partial charge in [-0.25, -0.2) is 9.37 Å². The third-order valence-corrected chi connectivity index (χ3v) is 3.51. The lowest BCUT2D eigenvalue weighted by molar-refractivity contribution is 0.627. The van der Waals surface area contributed by atoms with Crippen LogP contribution < -0.4 is 5.56 Å². The van der Waals surface area contributed by atoms with Crippen molar-refractivity contribution < 1.29 is 4.39 Å². The minimum absolute atomic E-state index is 0.125. The molecule has 0 amide bonds. The highest BCUT2D eigenvalue weighted by Crippen LogP contribution is 2.18. The molecule has 0 fully saturated rings. The van der Waals surface area contributed by atoms with Gasteiger partial charge in [0.25, 0.3) is 5.56 Å². The fourth-order valence-electron chi connectivity index (χ4n) is 1.67. The third kappa shape index (κ3) is 4.21. The van der Waals surface area contributed by atoms with Gasteiger partial charge in [0.1, 0.15) is 5.82 Å². The number of nitrogens with zero attached hydrogens (tertiary/aromatic N) is 1. The number of aromatic nitrogens is 2. The molecule has 0 spiro atoms. The molecular formula is C14H15FN2OS. The molecule has 0 atom stereocenters. The monoisotopic (exact) mass is 278 g/mol. The minimum Gasteiger partial charge on any atom is -0.301 e. The van der Waals surface area contributed by atoms with Gasteiger partial charge >= 0.3 is 0 Å². The number of aromatic amines is 1. The third-order valence-electron chi connectivity index (χ3n) is 2.57. The quantitative estimate of drug-likeness (QED) is 0.675. The minimum atomic E-state index is -0.245. The van der Waals surface area contributed by atoms with E-state index in [4.69, 9.17) is 0 Å². The van der Waals surface area contributed by atoms with E-state index in [-0.39, 0.29) is 11.4 Å². The Labute approximate surface area is 115 Å². The summed E-state index contributed by atoms with van der Waals surface area (Å²) in [5.74, 6) is 0.406. The Bertz CT molecular complexity index is 595. The molecule has 2 aromatic rings. The van der Waals surface area contributed by atoms with Gasteiger partial charge in [0, 0.05) is 17.5 Å². The molecule has 1 aromatic heterocycles. The number of thioether (sulfide) groups is 1. The predicted octanol–water partition coefficient (Wildman–Crippen LogP) is 3.15. The van der Waals surface area contributed by atoms with Crippen molar-refractivity contribution in [1.82, 2.24) is 9.97 Å². The second-order valence-electron chi connectivity index (χ2n) is 4.21. The van der Waals surface area contributed by atoms with Crippen LogP contribution in [0.5, 0.6) is 0 Å². The largest absolute Gasteiger partial charge is 0.301 e. The normalized spacial score (nSPS) is 10.6. The zero-order valence-corrected chi connectivity index (χ0v) is 11.5. The fourth-order valence-corrected chi connectivity index (χ4v) is 2.52. The highest BCUT2D eigenvalue weighted by molar-refractivity contribution is 7.98. The van der Waals surface area contributed by atoms with Gasteiger partial charge < -0.3 is 4.98 Å². The number of H-pyrrole nitrogens is 1. The Morgan fingerprint density at radius 3 is 2.74 bits per heavy atom. The lowest BCUT2D eigenvalue weighted by Gasteiger charge is -2.03. The van der Waals surface area contributed by atoms with Crippen LogP contribution in [-0.2, 0) is 12.2 Å². The standard InChI is InChI=1S/C14H15FN2OS/c1-2-3-12-8-13(18)17-14(16-12)19-9-10-4-6-11(15)7-5-10/h4-8H,2-3,9H2,1H3,(H,16,17,18). The Balaban J connectivity index is 2.06. The zero-order valence-electron chi connectivity index (χ0n) is 10.6. The Morgan fingerprint density at radius 1 is 1.32 bits per heavy atom. The molecule has 0 saturated carbocycles. The lowest BCUT2D eigenvalue weighted by atomic mass is 10.2. The van der Waals surface area contributed by atoms with Crippen molar-refractivity contribution in [1.29, 1.82) is 0 Å². The van der Waals surface area contributed by atoms with Gasteiger partial charge in [-0.1, -0.05) is 37.2 Å². The van der Waals surface area contributed by atoms with Crippen LogP contribution >= 0.6 is 11.8 Å². The van der Waals surface area contributed by atoms with Crippen LogP contribution in [0.2, 0.25) is 0 Å². The number of hydrogen-bond acceptors (Lipinski definition) is 3. The summed E-state index contributed by atoms with van der Waals surface area (Å²) < 4.78 is 12.8. The van der Waals surface area contributed by atoms with Crippen LogP contribution in [0.1, 0.15) is 24.6 Å². The van der Waals surface area contributed by atoms with Crippen LogP contribution in [-0.4, -0.2) is 9.97 Å². The van der Waals surface area contributed by atoms with E-state index in [1.165, 1.54) is 30.0 Å². The second-order valence-corrected chi connectivity index (χ2v) is 5.17. The van der Waals surface area contributed by atoms with Crippen molar-refractivity contribution in [2.75, 3.05) is 0 Å². The maximum absolute atomic E-state index is 12.8. The Hall–Kier alpha value is -1.62. The van der Waals surface area contributed by atoms with E-state index in [9.17, 15) is 9.18 Å². The first kappa shape index (κ1) is 13.8. The molecule has 0 radical (unpaired) electrons. The van der Waals surface area contributed by atoms with E-state index in [1.54, 1.807) is 12.1 Å². The summed E-state index contributed by atoms with van der Waals surface area (Å²) in [5.41, 5.74) is 1.68. The van der Waals surface area contributed by atoms with Crippen LogP contribution in [0.3, 0.4) is 0 Å². The number of hydrogen-bond donors (Lipinski definition) is 1. The number of nitrogens with one attached hydrogen (secondary N) is 1. The van der Waals surface area contributed by atoms with Crippen LogP contribution in [0.15, 0.2) is 40.3 Å². The maximum Gasteiger partial charge on any atom is 0.251 e. The summed E-state index contributed by atoms with van der Waals surface area (Å²) in [7, 11) is 0. The van der Waals surface area contributed by atoms with Crippen molar-refractivity contribution in [3.05, 3.63) is 57.8 Å². The van der Waals surface area contributed by atoms with Gasteiger partial charge in [0.2, 0.25) is 0 Å². The zero-order chi connectivity index (χ0) is 13.7. The lowest BCUT2D eigenvalue weighted by Crippen LogP contribution is -2.09. The summed E-state index contributed by atoms with van der Waals surface area (Å²) in [5, 5.41) is 0.611. The molecule has 0 aliphatic heterocycles. The summed E-state index contributed by atoms with van der Waals surface area (Å²) in [4.78, 5) is 18.6. The molecule has 0 unspecified atom stereocenters. The average Bonchev–Trinajstić information content (AvgIpc) is 2.38. The number of halogens is 1. The molecule has 2 rings (SSSR count). The summed E-state index contributed by atoms with van der Waals surface area (Å²) >= 11 is 1.44. The van der Waals surface area contributed by atoms with Crippen molar-refractivity contribution in [3.63, 3.8) is 0 Å². The topological polar surface area (TPSA) is 45.8 Å². The molecule has 3 nitrogen and oxygen atoms in total. The summed E-state index contributed by atoms with van der Waals surface area (Å²) in [6.07, 6.45) is 1.76. The van der Waals surface area contributed by atoms with Crippen molar-refractivity contribution in [2.24, 2.45) is 0 Å². The van der Waals surface area contributed by atoms with Crippen LogP contribution in [0.25, 0.3) is 0 Å². The van der Waals surface area contributed by atoms with E-state index in [1.807, 2.05) is 6.92 Å². The molecule has 1 aromatic carbocycles. The maximum atomic E-state index is 12.8. The molecule has 1 heterocycles. The van der Waals surface area contributed by atoms with E-state index < -0.39 is 0 Å². The first-order chi connectivity index (χ1) is 9.17. The molecule has 5 heteroatoms. The smallest absolute Gasteiger partial charge is 0.251 e. The highest BCUT2D eigenvalue weighted by Gasteiger charge is 2.02. The fraction of sp³-hybridized carbons (Fsp3) is 0.286. The molecule has 0 aliphatic rings. The van der Waals surface area contributed by atoms with E-state index in [0.29, 0.717) is 10.9 Å². The number of aryl methyl sites for hydroxylation is 1. The molecule has 0 saturated heterocycles. The van der Waals surface area contributed by atoms with Gasteiger partial charge in [-0.3, -0.25) is 4.79 Å². The second kappa shape index (κ2) is 6.52. The highest BCUT2D eigenvalue weighted by atomic mass is 32.2. The molecule has 0 aliphatic carbocycles. The molecule has 100 valence electrons. The van der Waals surface area contributed by atoms with Gasteiger partial charge in [-0.2, -0.15) is 0 Å². The summed E-state index contributed by atoms with van der Waals surface area (Å²) in [6.45, 7) is 2.05. The van der Waals surface area contributed by atoms with E-state index in [2.05, 4.69) is 9.97 Å². The molecule has 0 bridgehead atoms. The van der Waals surface area contributed by atoms with E-state index in [0.717, 1.165) is 24.1 Å². The van der Waals surface area contributed by atoms with Crippen molar-refractivity contribution in [2.45, 2.75) is 30.7 Å². The van der Waals surface area contributed by atoms with Crippen molar-refractivity contribution in [3.8, 4) is 0 Å². The Kier molecular flexibility index (Phi) is 4.74. The van der Waals surface area contributed by atoms with Gasteiger partial charge in [-0.15, -0.1) is 0 Å². The van der Waals surface area contributed by atoms with E-state index >= 15 is 0 Å². The van der Waals surface area contributed by atoms with Crippen molar-refractivity contribution >= 4 is 11.8 Å². The summed E-state index contributed by atoms with van der Waals surface area (Å²) in [6, 6.07) is 7.86. The van der Waals surface area contributed by atoms with Gasteiger partial charge in [0.15, 0.2) is 5.16 Å². The first-order valence-electron chi connectivity index (χ1n) is 6.15. The average molecular weight is 278 g/mol. The first-order valence-corrected chi connectivity index (χ1v) is 7.13. The molecule has 1 N–H and O–H groups in total. The van der Waals surface area contributed by atoms with Gasteiger partial charge in [0.05, 0.1) is 0 Å². The van der Waals surface area contributed by atoms with Gasteiger partial charge in [-0.05, 0) is 24.1 Å². The number of rotatable bonds is 5. The SMILES string of the molecule is CCCc1cc(=O)[nH]c(SCc2ccc(F)cc2)n1. The molecule has 19 heavy (non-hydrogen) atoms.